The zero-order chi connectivity index (χ0) is 15.2. The van der Waals surface area contributed by atoms with Gasteiger partial charge in [0.2, 0.25) is 0 Å². The van der Waals surface area contributed by atoms with Crippen LogP contribution in [0.2, 0.25) is 0 Å². The minimum atomic E-state index is -0.591. The van der Waals surface area contributed by atoms with Crippen LogP contribution in [-0.2, 0) is 5.54 Å². The predicted molar refractivity (Wildman–Crippen MR) is 84.9 cm³/mol. The number of anilines is 1. The van der Waals surface area contributed by atoms with Gasteiger partial charge in [-0.05, 0) is 38.4 Å². The summed E-state index contributed by atoms with van der Waals surface area (Å²) < 4.78 is 0. The molecule has 110 valence electrons. The van der Waals surface area contributed by atoms with Crippen LogP contribution in [0.3, 0.4) is 0 Å². The molecule has 2 aliphatic rings. The molecule has 3 N–H and O–H groups in total. The maximum atomic E-state index is 9.59. The quantitative estimate of drug-likeness (QED) is 0.775. The van der Waals surface area contributed by atoms with E-state index in [1.807, 2.05) is 11.9 Å². The van der Waals surface area contributed by atoms with E-state index in [4.69, 9.17) is 5.73 Å². The molecule has 0 amide bonds. The first-order valence-electron chi connectivity index (χ1n) is 7.42. The average Bonchev–Trinajstić information content (AvgIpc) is 2.56. The Labute approximate surface area is 126 Å². The Kier molecular flexibility index (Phi) is 3.27. The van der Waals surface area contributed by atoms with Crippen LogP contribution in [0.1, 0.15) is 37.4 Å². The van der Waals surface area contributed by atoms with Gasteiger partial charge in [0.15, 0.2) is 0 Å². The number of likely N-dealkylation sites (N-methyl/N-ethyl adjacent to an activating group) is 1. The fourth-order valence-corrected chi connectivity index (χ4v) is 3.73. The molecule has 0 aromatic heterocycles. The molecule has 0 saturated carbocycles. The summed E-state index contributed by atoms with van der Waals surface area (Å²) in [6, 6.07) is 8.53. The second-order valence-corrected chi connectivity index (χ2v) is 6.35. The number of allylic oxidation sites excluding steroid dienone is 1. The summed E-state index contributed by atoms with van der Waals surface area (Å²) in [6.45, 7) is 5.02. The van der Waals surface area contributed by atoms with Gasteiger partial charge in [-0.3, -0.25) is 0 Å². The third kappa shape index (κ3) is 1.97. The monoisotopic (exact) mass is 282 g/mol. The van der Waals surface area contributed by atoms with Crippen molar-refractivity contribution in [2.75, 3.05) is 18.5 Å². The van der Waals surface area contributed by atoms with E-state index in [0.29, 0.717) is 0 Å². The summed E-state index contributed by atoms with van der Waals surface area (Å²) in [5.41, 5.74) is 10.9. The first-order chi connectivity index (χ1) is 9.99. The summed E-state index contributed by atoms with van der Waals surface area (Å²) in [5, 5.41) is 13.2. The van der Waals surface area contributed by atoms with Crippen molar-refractivity contribution < 1.29 is 0 Å². The summed E-state index contributed by atoms with van der Waals surface area (Å²) in [4.78, 5) is 2.03. The molecule has 4 heteroatoms. The molecule has 21 heavy (non-hydrogen) atoms. The Hall–Kier alpha value is -1.83. The second-order valence-electron chi connectivity index (χ2n) is 6.35. The molecule has 2 aliphatic heterocycles. The van der Waals surface area contributed by atoms with Crippen LogP contribution in [0, 0.1) is 11.3 Å². The smallest absolute Gasteiger partial charge is 0.139 e. The third-order valence-electron chi connectivity index (χ3n) is 4.66. The lowest BCUT2D eigenvalue weighted by molar-refractivity contribution is 0.390. The Morgan fingerprint density at radius 1 is 1.52 bits per heavy atom. The number of nitrogens with zero attached hydrogens (tertiary/aromatic N) is 2. The molecule has 4 nitrogen and oxygen atoms in total. The van der Waals surface area contributed by atoms with Crippen molar-refractivity contribution in [3.63, 3.8) is 0 Å². The van der Waals surface area contributed by atoms with Gasteiger partial charge in [0.25, 0.3) is 0 Å². The molecule has 0 aliphatic carbocycles. The SMILES string of the molecule is CC(C)=C[C@H]1NCC[C@]2(N)c3c1cccc3N(C)[C@@H]2C#N. The van der Waals surface area contributed by atoms with Crippen molar-refractivity contribution in [2.24, 2.45) is 5.73 Å². The fraction of sp³-hybridized carbons (Fsp3) is 0.471. The van der Waals surface area contributed by atoms with Gasteiger partial charge in [-0.25, -0.2) is 0 Å². The van der Waals surface area contributed by atoms with Gasteiger partial charge in [-0.15, -0.1) is 0 Å². The van der Waals surface area contributed by atoms with Crippen molar-refractivity contribution in [2.45, 2.75) is 37.9 Å². The number of hydrogen-bond donors (Lipinski definition) is 2. The number of benzene rings is 1. The number of nitrogens with two attached hydrogens (primary N) is 1. The van der Waals surface area contributed by atoms with E-state index >= 15 is 0 Å². The van der Waals surface area contributed by atoms with E-state index in [-0.39, 0.29) is 12.1 Å². The van der Waals surface area contributed by atoms with Crippen molar-refractivity contribution in [3.05, 3.63) is 41.0 Å². The van der Waals surface area contributed by atoms with Crippen molar-refractivity contribution in [1.29, 1.82) is 5.26 Å². The molecule has 3 atom stereocenters. The van der Waals surface area contributed by atoms with Gasteiger partial charge < -0.3 is 16.0 Å². The first-order valence-corrected chi connectivity index (χ1v) is 7.42. The van der Waals surface area contributed by atoms with E-state index in [2.05, 4.69) is 49.5 Å². The Morgan fingerprint density at radius 3 is 2.95 bits per heavy atom. The number of nitrogens with one attached hydrogen (secondary N) is 1. The highest BCUT2D eigenvalue weighted by Gasteiger charge is 2.50. The van der Waals surface area contributed by atoms with Gasteiger partial charge in [0.1, 0.15) is 6.04 Å². The lowest BCUT2D eigenvalue weighted by Gasteiger charge is -2.29. The van der Waals surface area contributed by atoms with Crippen LogP contribution in [0.15, 0.2) is 29.8 Å². The maximum absolute atomic E-state index is 9.59. The molecule has 0 saturated heterocycles. The molecule has 0 radical (unpaired) electrons. The molecule has 1 aromatic rings. The lowest BCUT2D eigenvalue weighted by Crippen LogP contribution is -2.50. The van der Waals surface area contributed by atoms with Gasteiger partial charge in [0.05, 0.1) is 17.6 Å². The van der Waals surface area contributed by atoms with Crippen LogP contribution >= 0.6 is 0 Å². The Balaban J connectivity index is 2.24. The normalized spacial score (nSPS) is 30.3. The number of nitriles is 1. The zero-order valence-corrected chi connectivity index (χ0v) is 12.9. The third-order valence-corrected chi connectivity index (χ3v) is 4.66. The highest BCUT2D eigenvalue weighted by atomic mass is 15.2. The molecular weight excluding hydrogens is 260 g/mol. The zero-order valence-electron chi connectivity index (χ0n) is 12.9. The maximum Gasteiger partial charge on any atom is 0.139 e. The van der Waals surface area contributed by atoms with Gasteiger partial charge >= 0.3 is 0 Å². The Morgan fingerprint density at radius 2 is 2.29 bits per heavy atom. The minimum absolute atomic E-state index is 0.168. The Bertz CT molecular complexity index is 639. The van der Waals surface area contributed by atoms with E-state index in [9.17, 15) is 5.26 Å². The summed E-state index contributed by atoms with van der Waals surface area (Å²) in [5.74, 6) is 0. The standard InChI is InChI=1S/C17H22N4/c1-11(2)9-13-12-5-4-6-14-16(12)17(19,7-8-20-13)15(10-18)21(14)3/h4-6,9,13,15,20H,7-8,19H2,1-3H3/t13-,15-,17-/m1/s1. The van der Waals surface area contributed by atoms with Crippen molar-refractivity contribution in [1.82, 2.24) is 5.32 Å². The molecule has 0 spiro atoms. The molecule has 1 aromatic carbocycles. The minimum Gasteiger partial charge on any atom is -0.357 e. The average molecular weight is 282 g/mol. The van der Waals surface area contributed by atoms with E-state index in [1.165, 1.54) is 11.1 Å². The van der Waals surface area contributed by atoms with Crippen LogP contribution in [0.25, 0.3) is 0 Å². The highest BCUT2D eigenvalue weighted by molar-refractivity contribution is 5.69. The van der Waals surface area contributed by atoms with E-state index < -0.39 is 5.54 Å². The summed E-state index contributed by atoms with van der Waals surface area (Å²) in [7, 11) is 1.97. The summed E-state index contributed by atoms with van der Waals surface area (Å²) >= 11 is 0. The topological polar surface area (TPSA) is 65.1 Å². The predicted octanol–water partition coefficient (Wildman–Crippen LogP) is 2.18. The van der Waals surface area contributed by atoms with Crippen LogP contribution in [0.5, 0.6) is 0 Å². The molecular formula is C17H22N4. The van der Waals surface area contributed by atoms with Gasteiger partial charge in [-0.2, -0.15) is 5.26 Å². The van der Waals surface area contributed by atoms with E-state index in [0.717, 1.165) is 24.2 Å². The van der Waals surface area contributed by atoms with Crippen molar-refractivity contribution in [3.8, 4) is 6.07 Å². The lowest BCUT2D eigenvalue weighted by atomic mass is 9.81. The second kappa shape index (κ2) is 4.87. The van der Waals surface area contributed by atoms with Crippen LogP contribution in [-0.4, -0.2) is 19.6 Å². The van der Waals surface area contributed by atoms with Crippen molar-refractivity contribution >= 4 is 5.69 Å². The molecule has 2 heterocycles. The number of rotatable bonds is 1. The highest BCUT2D eigenvalue weighted by Crippen LogP contribution is 2.47. The largest absolute Gasteiger partial charge is 0.357 e. The number of hydrogen-bond acceptors (Lipinski definition) is 4. The fourth-order valence-electron chi connectivity index (χ4n) is 3.73. The van der Waals surface area contributed by atoms with Crippen LogP contribution in [0.4, 0.5) is 5.69 Å². The van der Waals surface area contributed by atoms with Crippen LogP contribution < -0.4 is 16.0 Å². The molecule has 0 unspecified atom stereocenters. The van der Waals surface area contributed by atoms with Gasteiger partial charge in [0, 0.05) is 18.3 Å². The molecule has 0 bridgehead atoms. The summed E-state index contributed by atoms with van der Waals surface area (Å²) in [6.07, 6.45) is 3.01. The molecule has 0 fully saturated rings. The molecule has 3 rings (SSSR count). The van der Waals surface area contributed by atoms with E-state index in [1.54, 1.807) is 0 Å². The van der Waals surface area contributed by atoms with Gasteiger partial charge in [-0.1, -0.05) is 23.8 Å². The first kappa shape index (κ1) is 14.1.